The van der Waals surface area contributed by atoms with Crippen molar-refractivity contribution in [1.82, 2.24) is 29.3 Å². The van der Waals surface area contributed by atoms with Gasteiger partial charge in [0.15, 0.2) is 0 Å². The number of carbonyl (C=O) groups excluding carboxylic acids is 4. The van der Waals surface area contributed by atoms with Gasteiger partial charge in [-0.25, -0.2) is 10.0 Å². The minimum Gasteiger partial charge on any atom is -0.508 e. The number of aromatic nitrogens is 1. The van der Waals surface area contributed by atoms with Gasteiger partial charge in [0, 0.05) is 82.1 Å². The number of nitrogens with zero attached hydrogens (tertiary/aromatic N) is 7. The Kier molecular flexibility index (Phi) is 11.1. The second-order valence-electron chi connectivity index (χ2n) is 15.6. The van der Waals surface area contributed by atoms with Crippen LogP contribution >= 0.6 is 0 Å². The van der Waals surface area contributed by atoms with Crippen molar-refractivity contribution in [2.24, 2.45) is 7.05 Å². The van der Waals surface area contributed by atoms with Crippen molar-refractivity contribution in [2.45, 2.75) is 38.0 Å². The van der Waals surface area contributed by atoms with Gasteiger partial charge < -0.3 is 35.0 Å². The minimum absolute atomic E-state index is 0.0453. The third kappa shape index (κ3) is 7.98. The van der Waals surface area contributed by atoms with Crippen molar-refractivity contribution in [3.8, 4) is 5.75 Å². The highest BCUT2D eigenvalue weighted by Gasteiger charge is 2.51. The number of anilines is 2. The lowest BCUT2D eigenvalue weighted by atomic mass is 9.97. The number of carbonyl (C=O) groups is 4. The SMILES string of the molecule is C=CCN1CC(=O)N2[C@@H](Cc3ccc(O)cc3)C(=O)N(Cc3cccc4c(C(=O)N5CCN(c6ccc(N)cc6)CC5)cn(C)c34)C[C@@H]2N1C(=O)CCc1ccccc1. The number of nitrogens with two attached hydrogens (primary N) is 1. The summed E-state index contributed by atoms with van der Waals surface area (Å²) in [6, 6.07) is 29.1. The number of amides is 4. The maximum Gasteiger partial charge on any atom is 0.256 e. The number of hydrazine groups is 1. The molecular formula is C46H50N8O5. The van der Waals surface area contributed by atoms with Crippen LogP contribution in [-0.2, 0) is 40.8 Å². The molecule has 0 unspecified atom stereocenters. The van der Waals surface area contributed by atoms with E-state index in [1.807, 2.05) is 95.5 Å². The molecule has 2 atom stereocenters. The summed E-state index contributed by atoms with van der Waals surface area (Å²) < 4.78 is 1.95. The summed E-state index contributed by atoms with van der Waals surface area (Å²) in [5.74, 6) is -0.587. The van der Waals surface area contributed by atoms with Gasteiger partial charge in [0.1, 0.15) is 18.0 Å². The summed E-state index contributed by atoms with van der Waals surface area (Å²) in [4.78, 5) is 64.8. The zero-order chi connectivity index (χ0) is 41.2. The number of benzene rings is 4. The van der Waals surface area contributed by atoms with Crippen LogP contribution in [0.4, 0.5) is 11.4 Å². The molecule has 3 N–H and O–H groups in total. The molecule has 5 aromatic rings. The van der Waals surface area contributed by atoms with Gasteiger partial charge in [-0.15, -0.1) is 6.58 Å². The quantitative estimate of drug-likeness (QED) is 0.148. The predicted octanol–water partition coefficient (Wildman–Crippen LogP) is 4.41. The normalized spacial score (nSPS) is 18.7. The van der Waals surface area contributed by atoms with E-state index in [2.05, 4.69) is 11.5 Å². The topological polar surface area (TPSA) is 139 Å². The second kappa shape index (κ2) is 16.7. The molecule has 3 fully saturated rings. The van der Waals surface area contributed by atoms with Gasteiger partial charge in [0.25, 0.3) is 5.91 Å². The van der Waals surface area contributed by atoms with Gasteiger partial charge in [-0.3, -0.25) is 19.2 Å². The van der Waals surface area contributed by atoms with Gasteiger partial charge in [0.05, 0.1) is 24.2 Å². The van der Waals surface area contributed by atoms with Gasteiger partial charge >= 0.3 is 0 Å². The molecule has 4 aromatic carbocycles. The van der Waals surface area contributed by atoms with Gasteiger partial charge in [-0.05, 0) is 59.5 Å². The maximum atomic E-state index is 14.8. The molecule has 13 heteroatoms. The number of hydrogen-bond acceptors (Lipinski definition) is 8. The van der Waals surface area contributed by atoms with Crippen LogP contribution in [0.1, 0.15) is 33.5 Å². The van der Waals surface area contributed by atoms with Crippen LogP contribution in [0, 0.1) is 0 Å². The molecule has 1 aromatic heterocycles. The third-order valence-electron chi connectivity index (χ3n) is 11.8. The summed E-state index contributed by atoms with van der Waals surface area (Å²) in [5.41, 5.74) is 11.8. The molecule has 4 amide bonds. The highest BCUT2D eigenvalue weighted by Crippen LogP contribution is 2.33. The summed E-state index contributed by atoms with van der Waals surface area (Å²) in [6.07, 6.45) is 3.71. The first-order chi connectivity index (χ1) is 28.6. The van der Waals surface area contributed by atoms with Crippen LogP contribution < -0.4 is 10.6 Å². The van der Waals surface area contributed by atoms with Crippen molar-refractivity contribution in [2.75, 3.05) is 56.4 Å². The minimum atomic E-state index is -0.905. The summed E-state index contributed by atoms with van der Waals surface area (Å²) in [7, 11) is 1.91. The summed E-state index contributed by atoms with van der Waals surface area (Å²) >= 11 is 0. The lowest BCUT2D eigenvalue weighted by Crippen LogP contribution is -2.75. The average Bonchev–Trinajstić information content (AvgIpc) is 3.59. The number of aromatic hydroxyl groups is 1. The number of fused-ring (bicyclic) bond motifs is 2. The van der Waals surface area contributed by atoms with Crippen molar-refractivity contribution in [3.63, 3.8) is 0 Å². The number of hydrogen-bond donors (Lipinski definition) is 2. The average molecular weight is 795 g/mol. The lowest BCUT2D eigenvalue weighted by Gasteiger charge is -2.55. The molecule has 0 saturated carbocycles. The van der Waals surface area contributed by atoms with E-state index < -0.39 is 12.2 Å². The maximum absolute atomic E-state index is 14.8. The smallest absolute Gasteiger partial charge is 0.256 e. The number of nitrogen functional groups attached to an aromatic ring is 1. The highest BCUT2D eigenvalue weighted by molar-refractivity contribution is 6.08. The first kappa shape index (κ1) is 39.2. The summed E-state index contributed by atoms with van der Waals surface area (Å²) in [6.45, 7) is 6.94. The predicted molar refractivity (Wildman–Crippen MR) is 227 cm³/mol. The van der Waals surface area contributed by atoms with Gasteiger partial charge in [-0.1, -0.05) is 66.7 Å². The standard InChI is InChI=1S/C46H50N8O5/c1-3-22-52-31-43(57)53-40(27-33-12-19-37(55)20-13-33)46(59)51(30-41(53)54(52)42(56)21-14-32-8-5-4-6-9-32)28-34-10-7-11-38-39(29-48(2)44(34)38)45(58)50-25-23-49(24-26-50)36-17-15-35(47)16-18-36/h3-13,15-20,29,40-41,55H,1,14,21-28,30-31,47H2,2H3/t40-,41-/m0/s1. The number of rotatable bonds is 11. The molecule has 0 bridgehead atoms. The van der Waals surface area contributed by atoms with E-state index >= 15 is 0 Å². The fourth-order valence-electron chi connectivity index (χ4n) is 8.85. The highest BCUT2D eigenvalue weighted by atomic mass is 16.3. The molecule has 0 radical (unpaired) electrons. The third-order valence-corrected chi connectivity index (χ3v) is 11.8. The molecule has 4 heterocycles. The van der Waals surface area contributed by atoms with Crippen LogP contribution in [0.5, 0.6) is 5.75 Å². The number of phenolic OH excluding ortho intramolecular Hbond substituents is 1. The van der Waals surface area contributed by atoms with Crippen molar-refractivity contribution in [3.05, 3.63) is 138 Å². The molecule has 304 valence electrons. The molecule has 3 aliphatic rings. The second-order valence-corrected chi connectivity index (χ2v) is 15.6. The Morgan fingerprint density at radius 3 is 2.32 bits per heavy atom. The molecule has 3 aliphatic heterocycles. The molecule has 0 aliphatic carbocycles. The molecule has 3 saturated heterocycles. The molecule has 13 nitrogen and oxygen atoms in total. The Labute approximate surface area is 344 Å². The van der Waals surface area contributed by atoms with Crippen LogP contribution in [0.25, 0.3) is 10.9 Å². The Hall–Kier alpha value is -6.60. The number of para-hydroxylation sites is 1. The monoisotopic (exact) mass is 794 g/mol. The van der Waals surface area contributed by atoms with E-state index in [4.69, 9.17) is 5.73 Å². The van der Waals surface area contributed by atoms with Crippen LogP contribution in [-0.4, -0.2) is 116 Å². The first-order valence-corrected chi connectivity index (χ1v) is 20.2. The van der Waals surface area contributed by atoms with Crippen molar-refractivity contribution >= 4 is 45.9 Å². The number of phenols is 1. The van der Waals surface area contributed by atoms with E-state index in [0.29, 0.717) is 43.9 Å². The van der Waals surface area contributed by atoms with Crippen LogP contribution in [0.3, 0.4) is 0 Å². The van der Waals surface area contributed by atoms with E-state index in [-0.39, 0.29) is 68.4 Å². The van der Waals surface area contributed by atoms with Crippen molar-refractivity contribution in [1.29, 1.82) is 0 Å². The molecular weight excluding hydrogens is 745 g/mol. The molecule has 8 rings (SSSR count). The molecule has 0 spiro atoms. The van der Waals surface area contributed by atoms with Crippen LogP contribution in [0.2, 0.25) is 0 Å². The number of aryl methyl sites for hydroxylation is 2. The van der Waals surface area contributed by atoms with Crippen molar-refractivity contribution < 1.29 is 24.3 Å². The molecule has 59 heavy (non-hydrogen) atoms. The Bertz CT molecular complexity index is 2350. The van der Waals surface area contributed by atoms with E-state index in [1.165, 1.54) is 0 Å². The van der Waals surface area contributed by atoms with Crippen LogP contribution in [0.15, 0.2) is 116 Å². The number of piperazine rings is 2. The summed E-state index contributed by atoms with van der Waals surface area (Å²) in [5, 5.41) is 14.2. The fourth-order valence-corrected chi connectivity index (χ4v) is 8.85. The first-order valence-electron chi connectivity index (χ1n) is 20.2. The van der Waals surface area contributed by atoms with Gasteiger partial charge in [0.2, 0.25) is 17.7 Å². The largest absolute Gasteiger partial charge is 0.508 e. The van der Waals surface area contributed by atoms with E-state index in [0.717, 1.165) is 33.3 Å². The fraction of sp³-hybridized carbons (Fsp3) is 0.304. The van der Waals surface area contributed by atoms with E-state index in [9.17, 15) is 24.3 Å². The zero-order valence-electron chi connectivity index (χ0n) is 33.3. The lowest BCUT2D eigenvalue weighted by molar-refractivity contribution is -0.205. The van der Waals surface area contributed by atoms with Gasteiger partial charge in [-0.2, -0.15) is 0 Å². The Balaban J connectivity index is 1.09. The Morgan fingerprint density at radius 1 is 0.881 bits per heavy atom. The Morgan fingerprint density at radius 2 is 1.61 bits per heavy atom. The zero-order valence-corrected chi connectivity index (χ0v) is 33.3. The van der Waals surface area contributed by atoms with E-state index in [1.54, 1.807) is 50.2 Å².